The summed E-state index contributed by atoms with van der Waals surface area (Å²) in [6.45, 7) is 0. The Morgan fingerprint density at radius 2 is 1.83 bits per heavy atom. The van der Waals surface area contributed by atoms with E-state index in [0.717, 1.165) is 12.1 Å². The summed E-state index contributed by atoms with van der Waals surface area (Å²) in [6.07, 6.45) is 0.410. The largest absolute Gasteiger partial charge is 0.480 e. The van der Waals surface area contributed by atoms with Crippen molar-refractivity contribution < 1.29 is 32.7 Å². The van der Waals surface area contributed by atoms with Gasteiger partial charge in [0.25, 0.3) is 0 Å². The third kappa shape index (κ3) is 4.36. The molecule has 8 nitrogen and oxygen atoms in total. The number of nitrogen functional groups attached to an aromatic ring is 1. The number of ketones is 1. The van der Waals surface area contributed by atoms with Crippen LogP contribution in [0.3, 0.4) is 0 Å². The Kier molecular flexibility index (Phi) is 6.07. The van der Waals surface area contributed by atoms with Gasteiger partial charge in [0.15, 0.2) is 28.8 Å². The summed E-state index contributed by atoms with van der Waals surface area (Å²) in [6, 6.07) is 9.41. The van der Waals surface area contributed by atoms with E-state index in [4.69, 9.17) is 31.7 Å². The number of nitrogens with zero attached hydrogens (tertiary/aromatic N) is 1. The summed E-state index contributed by atoms with van der Waals surface area (Å²) >= 11 is 6.18. The maximum atomic E-state index is 15.0. The van der Waals surface area contributed by atoms with E-state index in [9.17, 15) is 18.4 Å². The van der Waals surface area contributed by atoms with E-state index in [2.05, 4.69) is 10.5 Å². The fourth-order valence-corrected chi connectivity index (χ4v) is 4.36. The first-order chi connectivity index (χ1) is 17.2. The van der Waals surface area contributed by atoms with Gasteiger partial charge in [-0.1, -0.05) is 22.8 Å². The SMILES string of the molecule is Nc1noc2ccc(-c3cc(Cl)ccc3Oc3cc(F)c(C(=O)C4CCC(C(=O)O)N4)cc3F)cc12. The number of aromatic nitrogens is 1. The monoisotopic (exact) mass is 513 g/mol. The lowest BCUT2D eigenvalue weighted by molar-refractivity contribution is -0.139. The number of nitrogens with one attached hydrogen (secondary N) is 1. The van der Waals surface area contributed by atoms with Crippen LogP contribution in [0.25, 0.3) is 22.1 Å². The molecule has 2 unspecified atom stereocenters. The van der Waals surface area contributed by atoms with Crippen LogP contribution in [-0.4, -0.2) is 34.1 Å². The predicted molar refractivity (Wildman–Crippen MR) is 127 cm³/mol. The molecule has 11 heteroatoms. The molecular formula is C25H18ClF2N3O5. The van der Waals surface area contributed by atoms with Gasteiger partial charge >= 0.3 is 5.97 Å². The van der Waals surface area contributed by atoms with Gasteiger partial charge in [0.1, 0.15) is 17.6 Å². The number of carboxylic acid groups (broad SMARTS) is 1. The first-order valence-corrected chi connectivity index (χ1v) is 11.2. The Labute approximate surface area is 207 Å². The van der Waals surface area contributed by atoms with Crippen molar-refractivity contribution in [3.63, 3.8) is 0 Å². The maximum absolute atomic E-state index is 15.0. The zero-order valence-corrected chi connectivity index (χ0v) is 19.2. The highest BCUT2D eigenvalue weighted by molar-refractivity contribution is 6.31. The molecule has 0 spiro atoms. The quantitative estimate of drug-likeness (QED) is 0.301. The number of nitrogens with two attached hydrogens (primary N) is 1. The van der Waals surface area contributed by atoms with Gasteiger partial charge in [-0.3, -0.25) is 14.9 Å². The van der Waals surface area contributed by atoms with Crippen LogP contribution in [0.15, 0.2) is 53.1 Å². The molecule has 0 bridgehead atoms. The number of fused-ring (bicyclic) bond motifs is 1. The molecule has 0 saturated carbocycles. The lowest BCUT2D eigenvalue weighted by Crippen LogP contribution is -2.39. The Bertz CT molecular complexity index is 1520. The summed E-state index contributed by atoms with van der Waals surface area (Å²) < 4.78 is 40.7. The average molecular weight is 514 g/mol. The number of halogens is 3. The topological polar surface area (TPSA) is 128 Å². The maximum Gasteiger partial charge on any atom is 0.320 e. The third-order valence-corrected chi connectivity index (χ3v) is 6.25. The highest BCUT2D eigenvalue weighted by Crippen LogP contribution is 2.38. The Morgan fingerprint density at radius 3 is 2.58 bits per heavy atom. The highest BCUT2D eigenvalue weighted by Gasteiger charge is 2.34. The van der Waals surface area contributed by atoms with Crippen LogP contribution in [0.5, 0.6) is 11.5 Å². The van der Waals surface area contributed by atoms with Gasteiger partial charge < -0.3 is 20.1 Å². The molecule has 5 rings (SSSR count). The van der Waals surface area contributed by atoms with Crippen molar-refractivity contribution in [3.05, 3.63) is 70.8 Å². The van der Waals surface area contributed by atoms with Gasteiger partial charge in [0.2, 0.25) is 0 Å². The molecule has 4 aromatic rings. The molecule has 2 atom stereocenters. The Balaban J connectivity index is 1.46. The number of hydrogen-bond donors (Lipinski definition) is 3. The van der Waals surface area contributed by atoms with Crippen LogP contribution < -0.4 is 15.8 Å². The molecule has 36 heavy (non-hydrogen) atoms. The summed E-state index contributed by atoms with van der Waals surface area (Å²) in [7, 11) is 0. The number of carboxylic acids is 1. The van der Waals surface area contributed by atoms with Gasteiger partial charge in [-0.05, 0) is 54.8 Å². The molecule has 1 aliphatic rings. The van der Waals surface area contributed by atoms with Gasteiger partial charge in [0.05, 0.1) is 17.0 Å². The number of carbonyl (C=O) groups is 2. The average Bonchev–Trinajstić information content (AvgIpc) is 3.49. The molecule has 3 aromatic carbocycles. The minimum Gasteiger partial charge on any atom is -0.480 e. The molecule has 1 aliphatic heterocycles. The zero-order chi connectivity index (χ0) is 25.6. The molecule has 184 valence electrons. The van der Waals surface area contributed by atoms with Crippen molar-refractivity contribution in [3.8, 4) is 22.6 Å². The van der Waals surface area contributed by atoms with Gasteiger partial charge in [-0.25, -0.2) is 8.78 Å². The van der Waals surface area contributed by atoms with Crippen molar-refractivity contribution in [2.24, 2.45) is 0 Å². The fourth-order valence-electron chi connectivity index (χ4n) is 4.19. The van der Waals surface area contributed by atoms with Gasteiger partial charge in [-0.2, -0.15) is 0 Å². The van der Waals surface area contributed by atoms with Crippen LogP contribution in [0, 0.1) is 11.6 Å². The van der Waals surface area contributed by atoms with E-state index in [0.29, 0.717) is 27.1 Å². The summed E-state index contributed by atoms with van der Waals surface area (Å²) in [5, 5.41) is 16.4. The minimum absolute atomic E-state index is 0.174. The molecule has 0 amide bonds. The van der Waals surface area contributed by atoms with Crippen LogP contribution in [-0.2, 0) is 4.79 Å². The van der Waals surface area contributed by atoms with Crippen LogP contribution in [0.1, 0.15) is 23.2 Å². The standard InChI is InChI=1S/C25H18ClF2N3O5/c26-12-2-6-20(13(8-12)11-1-5-21-15(7-11)24(29)31-36-21)35-22-10-16(27)14(9-17(22)28)23(32)18-3-4-19(30-18)25(33)34/h1-2,5-10,18-19,30H,3-4H2,(H2,29,31)(H,33,34). The van der Waals surface area contributed by atoms with Crippen molar-refractivity contribution >= 4 is 40.1 Å². The second kappa shape index (κ2) is 9.21. The fraction of sp³-hybridized carbons (Fsp3) is 0.160. The van der Waals surface area contributed by atoms with Crippen molar-refractivity contribution in [2.75, 3.05) is 5.73 Å². The Morgan fingerprint density at radius 1 is 1.06 bits per heavy atom. The third-order valence-electron chi connectivity index (χ3n) is 6.02. The molecule has 1 saturated heterocycles. The number of hydrogen-bond acceptors (Lipinski definition) is 7. The number of anilines is 1. The molecule has 4 N–H and O–H groups in total. The lowest BCUT2D eigenvalue weighted by atomic mass is 10.0. The smallest absolute Gasteiger partial charge is 0.320 e. The molecule has 1 aromatic heterocycles. The molecule has 0 radical (unpaired) electrons. The van der Waals surface area contributed by atoms with E-state index in [1.807, 2.05) is 0 Å². The van der Waals surface area contributed by atoms with Gasteiger partial charge in [0, 0.05) is 16.7 Å². The van der Waals surface area contributed by atoms with E-state index in [1.54, 1.807) is 24.3 Å². The molecule has 2 heterocycles. The van der Waals surface area contributed by atoms with E-state index < -0.39 is 46.8 Å². The van der Waals surface area contributed by atoms with Crippen molar-refractivity contribution in [1.29, 1.82) is 0 Å². The van der Waals surface area contributed by atoms with E-state index in [1.165, 1.54) is 12.1 Å². The summed E-state index contributed by atoms with van der Waals surface area (Å²) in [5.41, 5.74) is 6.91. The summed E-state index contributed by atoms with van der Waals surface area (Å²) in [5.74, 6) is -3.87. The van der Waals surface area contributed by atoms with Crippen LogP contribution in [0.2, 0.25) is 5.02 Å². The number of ether oxygens (including phenoxy) is 1. The minimum atomic E-state index is -1.11. The van der Waals surface area contributed by atoms with Crippen LogP contribution >= 0.6 is 11.6 Å². The van der Waals surface area contributed by atoms with Gasteiger partial charge in [-0.15, -0.1) is 0 Å². The molecule has 1 fully saturated rings. The van der Waals surface area contributed by atoms with Crippen LogP contribution in [0.4, 0.5) is 14.6 Å². The predicted octanol–water partition coefficient (Wildman–Crippen LogP) is 5.19. The summed E-state index contributed by atoms with van der Waals surface area (Å²) in [4.78, 5) is 23.8. The first-order valence-electron chi connectivity index (χ1n) is 10.9. The molecular weight excluding hydrogens is 496 g/mol. The highest BCUT2D eigenvalue weighted by atomic mass is 35.5. The second-order valence-electron chi connectivity index (χ2n) is 8.34. The van der Waals surface area contributed by atoms with Crippen molar-refractivity contribution in [2.45, 2.75) is 24.9 Å². The van der Waals surface area contributed by atoms with Crippen molar-refractivity contribution in [1.82, 2.24) is 10.5 Å². The Hall–Kier alpha value is -4.02. The second-order valence-corrected chi connectivity index (χ2v) is 8.77. The first kappa shape index (κ1) is 23.7. The number of benzene rings is 3. The number of Topliss-reactive ketones (excluding diaryl/α,β-unsaturated/α-hetero) is 1. The molecule has 0 aliphatic carbocycles. The van der Waals surface area contributed by atoms with E-state index >= 15 is 0 Å². The number of rotatable bonds is 6. The lowest BCUT2D eigenvalue weighted by Gasteiger charge is -2.15. The van der Waals surface area contributed by atoms with E-state index in [-0.39, 0.29) is 24.4 Å². The number of aliphatic carboxylic acids is 1. The zero-order valence-electron chi connectivity index (χ0n) is 18.4. The normalized spacial score (nSPS) is 17.4. The number of carbonyl (C=O) groups excluding carboxylic acids is 1.